The minimum absolute atomic E-state index is 0.0618. The van der Waals surface area contributed by atoms with E-state index in [2.05, 4.69) is 4.98 Å². The summed E-state index contributed by atoms with van der Waals surface area (Å²) in [6.45, 7) is 2.28. The number of unbranched alkanes of at least 4 members (excludes halogenated alkanes) is 1. The van der Waals surface area contributed by atoms with Crippen molar-refractivity contribution in [2.45, 2.75) is 42.7 Å². The van der Waals surface area contributed by atoms with Gasteiger partial charge in [0.1, 0.15) is 5.82 Å². The number of ether oxygens (including phenoxy) is 1. The summed E-state index contributed by atoms with van der Waals surface area (Å²) in [5.74, 6) is -0.494. The molecule has 4 rings (SSSR count). The molecule has 1 atom stereocenters. The molecule has 1 heterocycles. The zero-order valence-electron chi connectivity index (χ0n) is 20.2. The fraction of sp³-hybridized carbons (Fsp3) is 0.179. The summed E-state index contributed by atoms with van der Waals surface area (Å²) >= 11 is -1.74. The van der Waals surface area contributed by atoms with Gasteiger partial charge in [-0.1, -0.05) is 74.0 Å². The summed E-state index contributed by atoms with van der Waals surface area (Å²) in [5.41, 5.74) is 2.37. The zero-order valence-corrected chi connectivity index (χ0v) is 21.0. The van der Waals surface area contributed by atoms with Crippen LogP contribution in [0.4, 0.5) is 4.79 Å². The summed E-state index contributed by atoms with van der Waals surface area (Å²) in [6.07, 6.45) is 0.751. The molecule has 4 aromatic rings. The standard InChI is InChI=1S/C28H26N2O6S/c1-2-3-13-24-29-25(37(35)21-9-5-4-6-10-21)26(36-28(33)34)30(24)18-19-14-16-20(17-15-19)22-11-7-8-12-23(22)27(31)32/h4-12,14-17H,2-3,13,18H2,1H3,(H,31,32)(H,33,34). The molecule has 0 saturated heterocycles. The molecule has 9 heteroatoms. The second-order valence-corrected chi connectivity index (χ2v) is 9.72. The number of benzene rings is 3. The van der Waals surface area contributed by atoms with E-state index in [4.69, 9.17) is 4.74 Å². The van der Waals surface area contributed by atoms with E-state index < -0.39 is 23.3 Å². The van der Waals surface area contributed by atoms with Gasteiger partial charge >= 0.3 is 17.2 Å². The minimum Gasteiger partial charge on any atom is -0.605 e. The highest BCUT2D eigenvalue weighted by atomic mass is 32.2. The second kappa shape index (κ2) is 11.8. The first-order valence-corrected chi connectivity index (χ1v) is 12.9. The van der Waals surface area contributed by atoms with Crippen LogP contribution in [-0.2, 0) is 24.1 Å². The average Bonchev–Trinajstić information content (AvgIpc) is 3.23. The van der Waals surface area contributed by atoms with E-state index in [1.807, 2.05) is 31.2 Å². The number of carboxylic acid groups (broad SMARTS) is 2. The van der Waals surface area contributed by atoms with Crippen LogP contribution in [-0.4, -0.2) is 36.4 Å². The number of hydrogen-bond donors (Lipinski definition) is 2. The van der Waals surface area contributed by atoms with Crippen LogP contribution in [0.15, 0.2) is 88.8 Å². The SMILES string of the molecule is CCCCc1nc([S+]([O-])c2ccccc2)c(OC(=O)O)n1Cc1ccc(-c2ccccc2C(=O)O)cc1. The summed E-state index contributed by atoms with van der Waals surface area (Å²) in [5, 5.41) is 19.0. The Labute approximate surface area is 217 Å². The number of nitrogens with zero attached hydrogens (tertiary/aromatic N) is 2. The maximum atomic E-state index is 13.3. The van der Waals surface area contributed by atoms with Crippen LogP contribution in [0.25, 0.3) is 11.1 Å². The Bertz CT molecular complexity index is 1390. The van der Waals surface area contributed by atoms with E-state index >= 15 is 0 Å². The number of aromatic nitrogens is 2. The Kier molecular flexibility index (Phi) is 8.27. The van der Waals surface area contributed by atoms with E-state index in [0.717, 1.165) is 24.0 Å². The fourth-order valence-electron chi connectivity index (χ4n) is 4.00. The lowest BCUT2D eigenvalue weighted by Crippen LogP contribution is -2.13. The molecule has 0 radical (unpaired) electrons. The Morgan fingerprint density at radius 2 is 1.65 bits per heavy atom. The van der Waals surface area contributed by atoms with Crippen LogP contribution >= 0.6 is 0 Å². The molecule has 0 fully saturated rings. The molecule has 37 heavy (non-hydrogen) atoms. The van der Waals surface area contributed by atoms with Crippen LogP contribution in [0.3, 0.4) is 0 Å². The molecular formula is C28H26N2O6S. The maximum absolute atomic E-state index is 13.3. The first-order valence-electron chi connectivity index (χ1n) is 11.8. The number of carboxylic acids is 1. The Balaban J connectivity index is 1.73. The topological polar surface area (TPSA) is 125 Å². The molecule has 0 bridgehead atoms. The molecular weight excluding hydrogens is 492 g/mol. The molecule has 2 N–H and O–H groups in total. The molecule has 0 saturated carbocycles. The highest BCUT2D eigenvalue weighted by Crippen LogP contribution is 2.32. The average molecular weight is 519 g/mol. The number of aryl methyl sites for hydroxylation is 1. The quantitative estimate of drug-likeness (QED) is 0.199. The number of carbonyl (C=O) groups is 2. The van der Waals surface area contributed by atoms with Crippen molar-refractivity contribution in [3.05, 3.63) is 95.8 Å². The van der Waals surface area contributed by atoms with Gasteiger partial charge in [0.25, 0.3) is 5.88 Å². The molecule has 3 aromatic carbocycles. The van der Waals surface area contributed by atoms with Gasteiger partial charge in [0.15, 0.2) is 4.90 Å². The Hall–Kier alpha value is -4.08. The van der Waals surface area contributed by atoms with Gasteiger partial charge in [-0.15, -0.1) is 0 Å². The molecule has 0 aliphatic carbocycles. The molecule has 0 spiro atoms. The molecule has 0 amide bonds. The zero-order chi connectivity index (χ0) is 26.4. The van der Waals surface area contributed by atoms with Crippen molar-refractivity contribution in [2.24, 2.45) is 0 Å². The van der Waals surface area contributed by atoms with E-state index in [-0.39, 0.29) is 23.0 Å². The Morgan fingerprint density at radius 3 is 2.30 bits per heavy atom. The predicted octanol–water partition coefficient (Wildman–Crippen LogP) is 5.86. The maximum Gasteiger partial charge on any atom is 0.512 e. The van der Waals surface area contributed by atoms with Crippen molar-refractivity contribution in [1.82, 2.24) is 9.55 Å². The van der Waals surface area contributed by atoms with E-state index in [1.165, 1.54) is 0 Å². The monoisotopic (exact) mass is 518 g/mol. The van der Waals surface area contributed by atoms with E-state index in [0.29, 0.717) is 22.7 Å². The van der Waals surface area contributed by atoms with Crippen molar-refractivity contribution in [3.8, 4) is 17.0 Å². The number of rotatable bonds is 10. The number of imidazole rings is 1. The third-order valence-corrected chi connectivity index (χ3v) is 7.12. The molecule has 0 aliphatic heterocycles. The van der Waals surface area contributed by atoms with E-state index in [9.17, 15) is 24.4 Å². The van der Waals surface area contributed by atoms with Gasteiger partial charge in [-0.3, -0.25) is 4.57 Å². The van der Waals surface area contributed by atoms with Gasteiger partial charge in [0.2, 0.25) is 0 Å². The van der Waals surface area contributed by atoms with Crippen molar-refractivity contribution in [2.75, 3.05) is 0 Å². The van der Waals surface area contributed by atoms with Crippen LogP contribution in [0.5, 0.6) is 5.88 Å². The van der Waals surface area contributed by atoms with Crippen molar-refractivity contribution in [1.29, 1.82) is 0 Å². The predicted molar refractivity (Wildman–Crippen MR) is 139 cm³/mol. The second-order valence-electron chi connectivity index (χ2n) is 8.33. The molecule has 1 unspecified atom stereocenters. The fourth-order valence-corrected chi connectivity index (χ4v) is 5.12. The van der Waals surface area contributed by atoms with Gasteiger partial charge in [-0.05, 0) is 41.3 Å². The highest BCUT2D eigenvalue weighted by Gasteiger charge is 2.31. The third-order valence-electron chi connectivity index (χ3n) is 5.80. The van der Waals surface area contributed by atoms with Crippen LogP contribution in [0, 0.1) is 0 Å². The van der Waals surface area contributed by atoms with Gasteiger partial charge in [0.05, 0.1) is 12.1 Å². The van der Waals surface area contributed by atoms with Crippen LogP contribution < -0.4 is 4.74 Å². The minimum atomic E-state index is -1.74. The first-order chi connectivity index (χ1) is 17.9. The van der Waals surface area contributed by atoms with Crippen molar-refractivity contribution < 1.29 is 29.1 Å². The number of aromatic carboxylic acids is 1. The van der Waals surface area contributed by atoms with Crippen molar-refractivity contribution >= 4 is 23.3 Å². The Morgan fingerprint density at radius 1 is 0.973 bits per heavy atom. The van der Waals surface area contributed by atoms with E-state index in [1.54, 1.807) is 59.2 Å². The summed E-state index contributed by atoms with van der Waals surface area (Å²) in [7, 11) is 0. The van der Waals surface area contributed by atoms with Crippen LogP contribution in [0.2, 0.25) is 0 Å². The first kappa shape index (κ1) is 26.0. The van der Waals surface area contributed by atoms with Gasteiger partial charge in [0, 0.05) is 17.6 Å². The smallest absolute Gasteiger partial charge is 0.512 e. The highest BCUT2D eigenvalue weighted by molar-refractivity contribution is 7.91. The number of hydrogen-bond acceptors (Lipinski definition) is 5. The summed E-state index contributed by atoms with van der Waals surface area (Å²) in [6, 6.07) is 22.8. The van der Waals surface area contributed by atoms with Gasteiger partial charge < -0.3 is 19.5 Å². The summed E-state index contributed by atoms with van der Waals surface area (Å²) < 4.78 is 20.1. The normalized spacial score (nSPS) is 11.7. The summed E-state index contributed by atoms with van der Waals surface area (Å²) in [4.78, 5) is 28.3. The lowest BCUT2D eigenvalue weighted by molar-refractivity contribution is 0.0697. The molecule has 8 nitrogen and oxygen atoms in total. The van der Waals surface area contributed by atoms with Crippen molar-refractivity contribution in [3.63, 3.8) is 0 Å². The molecule has 190 valence electrons. The third kappa shape index (κ3) is 6.02. The lowest BCUT2D eigenvalue weighted by atomic mass is 9.99. The largest absolute Gasteiger partial charge is 0.605 e. The van der Waals surface area contributed by atoms with Gasteiger partial charge in [-0.2, -0.15) is 4.98 Å². The van der Waals surface area contributed by atoms with Gasteiger partial charge in [-0.25, -0.2) is 9.59 Å². The molecule has 1 aromatic heterocycles. The van der Waals surface area contributed by atoms with Crippen LogP contribution in [0.1, 0.15) is 41.5 Å². The molecule has 0 aliphatic rings. The lowest BCUT2D eigenvalue weighted by Gasteiger charge is -2.13.